The second-order valence-electron chi connectivity index (χ2n) is 6.22. The number of hydrogen-bond donors (Lipinski definition) is 0. The van der Waals surface area contributed by atoms with Crippen LogP contribution in [0.4, 0.5) is 0 Å². The van der Waals surface area contributed by atoms with Crippen molar-refractivity contribution in [2.45, 2.75) is 37.7 Å². The summed E-state index contributed by atoms with van der Waals surface area (Å²) in [6.45, 7) is 4.81. The summed E-state index contributed by atoms with van der Waals surface area (Å²) >= 11 is 3.37. The highest BCUT2D eigenvalue weighted by atomic mass is 32.2. The first-order chi connectivity index (χ1) is 13.2. The first kappa shape index (κ1) is 18.0. The molecular weight excluding hydrogens is 376 g/mol. The SMILES string of the molecule is CCc1nc(CSc2nnc(-c3cccc(C)c3)n2Cc2ccco2)cs1. The predicted molar refractivity (Wildman–Crippen MR) is 109 cm³/mol. The van der Waals surface area contributed by atoms with E-state index in [-0.39, 0.29) is 0 Å². The fourth-order valence-electron chi connectivity index (χ4n) is 2.81. The lowest BCUT2D eigenvalue weighted by atomic mass is 10.1. The molecule has 0 aliphatic rings. The zero-order chi connectivity index (χ0) is 18.6. The highest BCUT2D eigenvalue weighted by Gasteiger charge is 2.16. The number of furan rings is 1. The summed E-state index contributed by atoms with van der Waals surface area (Å²) in [6.07, 6.45) is 2.67. The van der Waals surface area contributed by atoms with Crippen molar-refractivity contribution in [1.29, 1.82) is 0 Å². The van der Waals surface area contributed by atoms with Gasteiger partial charge in [-0.25, -0.2) is 4.98 Å². The van der Waals surface area contributed by atoms with Gasteiger partial charge >= 0.3 is 0 Å². The summed E-state index contributed by atoms with van der Waals surface area (Å²) in [6, 6.07) is 12.2. The van der Waals surface area contributed by atoms with Gasteiger partial charge in [-0.2, -0.15) is 0 Å². The predicted octanol–water partition coefficient (Wildman–Crippen LogP) is 5.21. The van der Waals surface area contributed by atoms with Crippen molar-refractivity contribution in [2.75, 3.05) is 0 Å². The van der Waals surface area contributed by atoms with Gasteiger partial charge in [-0.1, -0.05) is 42.4 Å². The second kappa shape index (κ2) is 8.10. The van der Waals surface area contributed by atoms with Crippen LogP contribution in [0, 0.1) is 6.92 Å². The van der Waals surface area contributed by atoms with Crippen LogP contribution in [0.1, 0.15) is 28.9 Å². The number of hydrogen-bond acceptors (Lipinski definition) is 6. The van der Waals surface area contributed by atoms with Gasteiger partial charge in [-0.3, -0.25) is 4.57 Å². The molecule has 0 amide bonds. The lowest BCUT2D eigenvalue weighted by Crippen LogP contribution is -2.03. The first-order valence-corrected chi connectivity index (χ1v) is 10.7. The van der Waals surface area contributed by atoms with E-state index in [2.05, 4.69) is 57.2 Å². The van der Waals surface area contributed by atoms with Gasteiger partial charge in [0, 0.05) is 16.7 Å². The topological polar surface area (TPSA) is 56.7 Å². The average Bonchev–Trinajstić information content (AvgIpc) is 3.42. The molecule has 0 fully saturated rings. The monoisotopic (exact) mass is 396 g/mol. The van der Waals surface area contributed by atoms with Crippen molar-refractivity contribution in [3.8, 4) is 11.4 Å². The van der Waals surface area contributed by atoms with Crippen LogP contribution in [0.15, 0.2) is 57.6 Å². The quantitative estimate of drug-likeness (QED) is 0.402. The Kier molecular flexibility index (Phi) is 5.40. The van der Waals surface area contributed by atoms with Crippen LogP contribution in [0.2, 0.25) is 0 Å². The molecule has 0 spiro atoms. The molecule has 0 radical (unpaired) electrons. The first-order valence-electron chi connectivity index (χ1n) is 8.81. The second-order valence-corrected chi connectivity index (χ2v) is 8.10. The number of aromatic nitrogens is 4. The minimum Gasteiger partial charge on any atom is -0.467 e. The van der Waals surface area contributed by atoms with E-state index in [4.69, 9.17) is 4.42 Å². The molecule has 0 N–H and O–H groups in total. The van der Waals surface area contributed by atoms with Crippen LogP contribution in [0.25, 0.3) is 11.4 Å². The zero-order valence-corrected chi connectivity index (χ0v) is 16.9. The van der Waals surface area contributed by atoms with Crippen LogP contribution in [-0.2, 0) is 18.7 Å². The molecule has 5 nitrogen and oxygen atoms in total. The Morgan fingerprint density at radius 3 is 2.85 bits per heavy atom. The van der Waals surface area contributed by atoms with Gasteiger partial charge < -0.3 is 4.42 Å². The summed E-state index contributed by atoms with van der Waals surface area (Å²) < 4.78 is 7.68. The maximum Gasteiger partial charge on any atom is 0.192 e. The Morgan fingerprint density at radius 2 is 2.11 bits per heavy atom. The molecule has 4 rings (SSSR count). The summed E-state index contributed by atoms with van der Waals surface area (Å²) in [5.74, 6) is 2.51. The summed E-state index contributed by atoms with van der Waals surface area (Å²) in [5, 5.41) is 13.1. The van der Waals surface area contributed by atoms with E-state index in [0.717, 1.165) is 40.2 Å². The fraction of sp³-hybridized carbons (Fsp3) is 0.250. The van der Waals surface area contributed by atoms with E-state index in [9.17, 15) is 0 Å². The van der Waals surface area contributed by atoms with Crippen molar-refractivity contribution in [2.24, 2.45) is 0 Å². The Morgan fingerprint density at radius 1 is 1.19 bits per heavy atom. The standard InChI is InChI=1S/C20H20N4OS2/c1-3-18-21-16(12-26-18)13-27-20-23-22-19(15-7-4-6-14(2)10-15)24(20)11-17-8-5-9-25-17/h4-10,12H,3,11,13H2,1-2H3. The van der Waals surface area contributed by atoms with Gasteiger partial charge in [-0.05, 0) is 31.5 Å². The van der Waals surface area contributed by atoms with E-state index in [1.165, 1.54) is 10.6 Å². The van der Waals surface area contributed by atoms with Gasteiger partial charge in [0.1, 0.15) is 5.76 Å². The lowest BCUT2D eigenvalue weighted by Gasteiger charge is -2.09. The van der Waals surface area contributed by atoms with Crippen molar-refractivity contribution < 1.29 is 4.42 Å². The highest BCUT2D eigenvalue weighted by Crippen LogP contribution is 2.28. The van der Waals surface area contributed by atoms with Crippen LogP contribution in [-0.4, -0.2) is 19.7 Å². The van der Waals surface area contributed by atoms with E-state index in [1.54, 1.807) is 29.4 Å². The molecular formula is C20H20N4OS2. The van der Waals surface area contributed by atoms with Crippen molar-refractivity contribution in [3.63, 3.8) is 0 Å². The molecule has 1 aromatic carbocycles. The van der Waals surface area contributed by atoms with E-state index < -0.39 is 0 Å². The summed E-state index contributed by atoms with van der Waals surface area (Å²) in [4.78, 5) is 4.65. The smallest absolute Gasteiger partial charge is 0.192 e. The maximum atomic E-state index is 5.56. The van der Waals surface area contributed by atoms with Crippen LogP contribution in [0.3, 0.4) is 0 Å². The van der Waals surface area contributed by atoms with Gasteiger partial charge in [0.15, 0.2) is 11.0 Å². The molecule has 7 heteroatoms. The van der Waals surface area contributed by atoms with Crippen molar-refractivity contribution >= 4 is 23.1 Å². The Balaban J connectivity index is 1.63. The number of rotatable bonds is 7. The molecule has 27 heavy (non-hydrogen) atoms. The molecule has 3 heterocycles. The minimum absolute atomic E-state index is 0.600. The molecule has 0 atom stereocenters. The van der Waals surface area contributed by atoms with E-state index in [0.29, 0.717) is 6.54 Å². The van der Waals surface area contributed by atoms with Crippen LogP contribution >= 0.6 is 23.1 Å². The summed E-state index contributed by atoms with van der Waals surface area (Å²) in [7, 11) is 0. The summed E-state index contributed by atoms with van der Waals surface area (Å²) in [5.41, 5.74) is 3.35. The molecule has 4 aromatic rings. The third kappa shape index (κ3) is 4.14. The molecule has 138 valence electrons. The number of benzene rings is 1. The molecule has 0 bridgehead atoms. The number of aryl methyl sites for hydroxylation is 2. The molecule has 0 saturated carbocycles. The number of thioether (sulfide) groups is 1. The van der Waals surface area contributed by atoms with E-state index >= 15 is 0 Å². The number of thiazole rings is 1. The third-order valence-electron chi connectivity index (χ3n) is 4.14. The van der Waals surface area contributed by atoms with Gasteiger partial charge in [0.2, 0.25) is 0 Å². The normalized spacial score (nSPS) is 11.2. The Labute approximate surface area is 166 Å². The van der Waals surface area contributed by atoms with Crippen LogP contribution in [0.5, 0.6) is 0 Å². The van der Waals surface area contributed by atoms with Crippen molar-refractivity contribution in [1.82, 2.24) is 19.7 Å². The highest BCUT2D eigenvalue weighted by molar-refractivity contribution is 7.98. The molecule has 0 saturated heterocycles. The Bertz CT molecular complexity index is 1020. The molecule has 0 aliphatic heterocycles. The maximum absolute atomic E-state index is 5.56. The largest absolute Gasteiger partial charge is 0.467 e. The number of nitrogens with zero attached hydrogens (tertiary/aromatic N) is 4. The molecule has 0 aliphatic carbocycles. The Hall–Kier alpha value is -2.38. The van der Waals surface area contributed by atoms with Gasteiger partial charge in [0.05, 0.1) is 23.5 Å². The van der Waals surface area contributed by atoms with Crippen LogP contribution < -0.4 is 0 Å². The minimum atomic E-state index is 0.600. The lowest BCUT2D eigenvalue weighted by molar-refractivity contribution is 0.485. The average molecular weight is 397 g/mol. The third-order valence-corrected chi connectivity index (χ3v) is 6.18. The van der Waals surface area contributed by atoms with E-state index in [1.807, 2.05) is 18.2 Å². The molecule has 0 unspecified atom stereocenters. The molecule has 3 aromatic heterocycles. The fourth-order valence-corrected chi connectivity index (χ4v) is 4.49. The van der Waals surface area contributed by atoms with Gasteiger partial charge in [0.25, 0.3) is 0 Å². The zero-order valence-electron chi connectivity index (χ0n) is 15.3. The van der Waals surface area contributed by atoms with Crippen molar-refractivity contribution in [3.05, 3.63) is 70.1 Å². The van der Waals surface area contributed by atoms with Gasteiger partial charge in [-0.15, -0.1) is 21.5 Å².